The molecule has 0 atom stereocenters. The van der Waals surface area contributed by atoms with Gasteiger partial charge >= 0.3 is 6.18 Å². The van der Waals surface area contributed by atoms with Crippen LogP contribution >= 0.6 is 11.8 Å². The van der Waals surface area contributed by atoms with Crippen molar-refractivity contribution in [3.63, 3.8) is 0 Å². The Kier molecular flexibility index (Phi) is 6.45. The number of aromatic nitrogens is 2. The fraction of sp³-hybridized carbons (Fsp3) is 0.200. The zero-order valence-electron chi connectivity index (χ0n) is 13.9. The van der Waals surface area contributed by atoms with E-state index in [1.54, 1.807) is 6.26 Å². The van der Waals surface area contributed by atoms with Gasteiger partial charge in [0.05, 0.1) is 23.9 Å². The number of carbonyl (C=O) groups is 1. The number of anilines is 3. The molecule has 0 fully saturated rings. The third-order valence-corrected chi connectivity index (χ3v) is 3.91. The first-order valence-electron chi connectivity index (χ1n) is 7.34. The largest absolute Gasteiger partial charge is 0.416 e. The highest BCUT2D eigenvalue weighted by Crippen LogP contribution is 2.30. The number of hydrogen-bond donors (Lipinski definition) is 4. The van der Waals surface area contributed by atoms with E-state index in [9.17, 15) is 18.0 Å². The fourth-order valence-electron chi connectivity index (χ4n) is 2.05. The predicted octanol–water partition coefficient (Wildman–Crippen LogP) is 2.66. The number of hydrogen-bond acceptors (Lipinski definition) is 8. The first-order chi connectivity index (χ1) is 12.7. The molecule has 0 saturated heterocycles. The van der Waals surface area contributed by atoms with Crippen LogP contribution in [0, 0.1) is 0 Å². The van der Waals surface area contributed by atoms with Gasteiger partial charge in [-0.15, -0.1) is 11.8 Å². The van der Waals surface area contributed by atoms with Gasteiger partial charge in [0, 0.05) is 5.69 Å². The summed E-state index contributed by atoms with van der Waals surface area (Å²) in [4.78, 5) is 20.0. The lowest BCUT2D eigenvalue weighted by molar-refractivity contribution is -0.137. The van der Waals surface area contributed by atoms with Crippen LogP contribution in [0.15, 0.2) is 34.4 Å². The van der Waals surface area contributed by atoms with Gasteiger partial charge in [-0.1, -0.05) is 11.2 Å². The van der Waals surface area contributed by atoms with Crippen LogP contribution in [-0.2, 0) is 11.0 Å². The number of benzene rings is 1. The standard InChI is InChI=1S/C15H15F3N6O2S/c1-27-13-10(6-21-26)12(23-14(19)24-13)22-11(25)7-20-9-4-2-3-8(5-9)15(16,17)18/h2-6,20,26H,7H2,1H3,(H3,19,22,23,24,25)/b21-6+. The molecular formula is C15H15F3N6O2S. The van der Waals surface area contributed by atoms with Crippen LogP contribution in [0.1, 0.15) is 11.1 Å². The molecule has 8 nitrogen and oxygen atoms in total. The highest BCUT2D eigenvalue weighted by molar-refractivity contribution is 7.98. The van der Waals surface area contributed by atoms with E-state index in [0.717, 1.165) is 18.3 Å². The number of amides is 1. The van der Waals surface area contributed by atoms with Crippen LogP contribution in [-0.4, -0.2) is 40.1 Å². The van der Waals surface area contributed by atoms with Crippen molar-refractivity contribution in [3.8, 4) is 0 Å². The van der Waals surface area contributed by atoms with Crippen molar-refractivity contribution in [2.24, 2.45) is 5.16 Å². The second-order valence-corrected chi connectivity index (χ2v) is 5.87. The van der Waals surface area contributed by atoms with E-state index < -0.39 is 17.6 Å². The first kappa shape index (κ1) is 20.3. The van der Waals surface area contributed by atoms with Crippen molar-refractivity contribution in [1.82, 2.24) is 9.97 Å². The molecule has 0 bridgehead atoms. The quantitative estimate of drug-likeness (QED) is 0.193. The van der Waals surface area contributed by atoms with Crippen molar-refractivity contribution < 1.29 is 23.2 Å². The molecule has 0 spiro atoms. The summed E-state index contributed by atoms with van der Waals surface area (Å²) < 4.78 is 38.1. The first-order valence-corrected chi connectivity index (χ1v) is 8.57. The summed E-state index contributed by atoms with van der Waals surface area (Å²) in [5.74, 6) is -0.679. The van der Waals surface area contributed by atoms with Crippen LogP contribution in [0.4, 0.5) is 30.6 Å². The molecule has 12 heteroatoms. The molecule has 1 heterocycles. The number of nitrogens with zero attached hydrogens (tertiary/aromatic N) is 3. The van der Waals surface area contributed by atoms with Crippen molar-refractivity contribution >= 4 is 41.3 Å². The second kappa shape index (κ2) is 8.58. The van der Waals surface area contributed by atoms with Gasteiger partial charge in [0.2, 0.25) is 11.9 Å². The van der Waals surface area contributed by atoms with Gasteiger partial charge in [0.25, 0.3) is 0 Å². The number of oxime groups is 1. The molecule has 0 unspecified atom stereocenters. The minimum Gasteiger partial charge on any atom is -0.411 e. The fourth-order valence-corrected chi connectivity index (χ4v) is 2.61. The lowest BCUT2D eigenvalue weighted by Crippen LogP contribution is -2.24. The Morgan fingerprint density at radius 3 is 2.78 bits per heavy atom. The maximum atomic E-state index is 12.7. The second-order valence-electron chi connectivity index (χ2n) is 5.08. The zero-order valence-corrected chi connectivity index (χ0v) is 14.7. The van der Waals surface area contributed by atoms with Crippen LogP contribution in [0.25, 0.3) is 0 Å². The average Bonchev–Trinajstić information content (AvgIpc) is 2.61. The molecule has 0 saturated carbocycles. The molecular weight excluding hydrogens is 385 g/mol. The maximum absolute atomic E-state index is 12.7. The molecule has 144 valence electrons. The summed E-state index contributed by atoms with van der Waals surface area (Å²) in [7, 11) is 0. The van der Waals surface area contributed by atoms with Crippen LogP contribution in [0.3, 0.4) is 0 Å². The molecule has 2 aromatic rings. The van der Waals surface area contributed by atoms with E-state index in [4.69, 9.17) is 10.9 Å². The minimum atomic E-state index is -4.48. The molecule has 5 N–H and O–H groups in total. The lowest BCUT2D eigenvalue weighted by atomic mass is 10.2. The molecule has 0 aliphatic heterocycles. The van der Waals surface area contributed by atoms with E-state index in [0.29, 0.717) is 5.03 Å². The average molecular weight is 400 g/mol. The Labute approximate surface area is 156 Å². The summed E-state index contributed by atoms with van der Waals surface area (Å²) >= 11 is 1.20. The number of carbonyl (C=O) groups excluding carboxylic acids is 1. The normalized spacial score (nSPS) is 11.6. The number of halogens is 3. The SMILES string of the molecule is CSc1nc(N)nc(NC(=O)CNc2cccc(C(F)(F)F)c2)c1/C=N/O. The Morgan fingerprint density at radius 1 is 1.41 bits per heavy atom. The van der Waals surface area contributed by atoms with Gasteiger partial charge in [0.15, 0.2) is 0 Å². The summed E-state index contributed by atoms with van der Waals surface area (Å²) in [6.45, 7) is -0.324. The Bertz CT molecular complexity index is 860. The molecule has 27 heavy (non-hydrogen) atoms. The topological polar surface area (TPSA) is 126 Å². The van der Waals surface area contributed by atoms with Crippen molar-refractivity contribution in [1.29, 1.82) is 0 Å². The zero-order chi connectivity index (χ0) is 20.0. The van der Waals surface area contributed by atoms with Gasteiger partial charge in [0.1, 0.15) is 10.8 Å². The number of nitrogens with two attached hydrogens (primary N) is 1. The summed E-state index contributed by atoms with van der Waals surface area (Å²) in [5.41, 5.74) is 5.12. The lowest BCUT2D eigenvalue weighted by Gasteiger charge is -2.12. The van der Waals surface area contributed by atoms with Crippen molar-refractivity contribution in [3.05, 3.63) is 35.4 Å². The minimum absolute atomic E-state index is 0.0143. The van der Waals surface area contributed by atoms with E-state index >= 15 is 0 Å². The molecule has 2 rings (SSSR count). The van der Waals surface area contributed by atoms with E-state index in [1.807, 2.05) is 0 Å². The van der Waals surface area contributed by atoms with Gasteiger partial charge in [-0.3, -0.25) is 4.79 Å². The van der Waals surface area contributed by atoms with Crippen LogP contribution in [0.2, 0.25) is 0 Å². The molecule has 0 radical (unpaired) electrons. The third kappa shape index (κ3) is 5.48. The Hall–Kier alpha value is -3.02. The van der Waals surface area contributed by atoms with E-state index in [-0.39, 0.29) is 29.6 Å². The Morgan fingerprint density at radius 2 is 2.15 bits per heavy atom. The number of alkyl halides is 3. The highest BCUT2D eigenvalue weighted by Gasteiger charge is 2.30. The number of rotatable bonds is 6. The molecule has 1 amide bonds. The van der Waals surface area contributed by atoms with Crippen molar-refractivity contribution in [2.75, 3.05) is 29.2 Å². The summed E-state index contributed by atoms with van der Waals surface area (Å²) in [5, 5.41) is 17.1. The molecule has 1 aromatic heterocycles. The van der Waals surface area contributed by atoms with Gasteiger partial charge in [-0.05, 0) is 24.5 Å². The smallest absolute Gasteiger partial charge is 0.411 e. The van der Waals surface area contributed by atoms with Gasteiger partial charge in [-0.25, -0.2) is 4.98 Å². The van der Waals surface area contributed by atoms with Gasteiger partial charge in [-0.2, -0.15) is 18.2 Å². The monoisotopic (exact) mass is 400 g/mol. The summed E-state index contributed by atoms with van der Waals surface area (Å²) in [6, 6.07) is 4.46. The Balaban J connectivity index is 2.12. The predicted molar refractivity (Wildman–Crippen MR) is 96.2 cm³/mol. The van der Waals surface area contributed by atoms with Crippen LogP contribution in [0.5, 0.6) is 0 Å². The van der Waals surface area contributed by atoms with E-state index in [2.05, 4.69) is 25.8 Å². The molecule has 0 aliphatic carbocycles. The molecule has 1 aromatic carbocycles. The number of nitrogen functional groups attached to an aromatic ring is 1. The van der Waals surface area contributed by atoms with Crippen molar-refractivity contribution in [2.45, 2.75) is 11.2 Å². The maximum Gasteiger partial charge on any atom is 0.416 e. The number of nitrogens with one attached hydrogen (secondary N) is 2. The summed E-state index contributed by atoms with van der Waals surface area (Å²) in [6.07, 6.45) is -1.73. The van der Waals surface area contributed by atoms with E-state index in [1.165, 1.54) is 23.9 Å². The third-order valence-electron chi connectivity index (χ3n) is 3.21. The number of thioether (sulfide) groups is 1. The van der Waals surface area contributed by atoms with Crippen LogP contribution < -0.4 is 16.4 Å². The highest BCUT2D eigenvalue weighted by atomic mass is 32.2. The van der Waals surface area contributed by atoms with Gasteiger partial charge < -0.3 is 21.6 Å². The molecule has 0 aliphatic rings.